The van der Waals surface area contributed by atoms with Gasteiger partial charge in [-0.05, 0) is 39.7 Å². The van der Waals surface area contributed by atoms with E-state index in [-0.39, 0.29) is 5.91 Å². The van der Waals surface area contributed by atoms with E-state index in [9.17, 15) is 9.59 Å². The Morgan fingerprint density at radius 2 is 1.81 bits per heavy atom. The third-order valence-electron chi connectivity index (χ3n) is 2.68. The van der Waals surface area contributed by atoms with Crippen LogP contribution in [0, 0.1) is 0 Å². The van der Waals surface area contributed by atoms with Crippen LogP contribution in [0.3, 0.4) is 0 Å². The maximum absolute atomic E-state index is 11.9. The minimum absolute atomic E-state index is 0.225. The number of alkyl carbamates (subject to hydrolysis) is 1. The number of ether oxygens (including phenoxy) is 1. The lowest BCUT2D eigenvalue weighted by Crippen LogP contribution is -2.46. The molecule has 0 aliphatic rings. The summed E-state index contributed by atoms with van der Waals surface area (Å²) in [4.78, 5) is 23.4. The van der Waals surface area contributed by atoms with Gasteiger partial charge in [0.05, 0.1) is 0 Å². The molecule has 2 N–H and O–H groups in total. The van der Waals surface area contributed by atoms with E-state index in [4.69, 9.17) is 4.74 Å². The zero-order chi connectivity index (χ0) is 15.9. The monoisotopic (exact) mass is 292 g/mol. The van der Waals surface area contributed by atoms with Gasteiger partial charge in [-0.25, -0.2) is 4.79 Å². The molecule has 0 aliphatic heterocycles. The van der Waals surface area contributed by atoms with E-state index >= 15 is 0 Å². The molecule has 1 rings (SSSR count). The minimum Gasteiger partial charge on any atom is -0.444 e. The second kappa shape index (κ2) is 7.67. The van der Waals surface area contributed by atoms with Crippen molar-refractivity contribution in [3.05, 3.63) is 35.9 Å². The SMILES string of the molecule is CC(NC(=O)OC(C)(C)C)C(=O)NCCc1ccccc1. The number of hydrogen-bond donors (Lipinski definition) is 2. The van der Waals surface area contributed by atoms with Crippen molar-refractivity contribution >= 4 is 12.0 Å². The van der Waals surface area contributed by atoms with E-state index in [2.05, 4.69) is 10.6 Å². The number of carbonyl (C=O) groups excluding carboxylic acids is 2. The molecule has 0 radical (unpaired) electrons. The van der Waals surface area contributed by atoms with Crippen molar-refractivity contribution in [1.29, 1.82) is 0 Å². The second-order valence-electron chi connectivity index (χ2n) is 5.89. The van der Waals surface area contributed by atoms with Gasteiger partial charge in [-0.1, -0.05) is 30.3 Å². The van der Waals surface area contributed by atoms with Crippen molar-refractivity contribution in [2.75, 3.05) is 6.54 Å². The Kier molecular flexibility index (Phi) is 6.21. The smallest absolute Gasteiger partial charge is 0.408 e. The fourth-order valence-electron chi connectivity index (χ4n) is 1.68. The molecule has 1 aromatic carbocycles. The van der Waals surface area contributed by atoms with Gasteiger partial charge >= 0.3 is 6.09 Å². The first-order valence-electron chi connectivity index (χ1n) is 7.09. The van der Waals surface area contributed by atoms with Crippen LogP contribution in [0.5, 0.6) is 0 Å². The van der Waals surface area contributed by atoms with E-state index in [0.717, 1.165) is 12.0 Å². The first kappa shape index (κ1) is 17.0. The normalized spacial score (nSPS) is 12.4. The zero-order valence-corrected chi connectivity index (χ0v) is 13.1. The Morgan fingerprint density at radius 1 is 1.19 bits per heavy atom. The predicted octanol–water partition coefficient (Wildman–Crippen LogP) is 2.26. The average Bonchev–Trinajstić information content (AvgIpc) is 2.37. The highest BCUT2D eigenvalue weighted by atomic mass is 16.6. The standard InChI is InChI=1S/C16H24N2O3/c1-12(18-15(20)21-16(2,3)4)14(19)17-11-10-13-8-6-5-7-9-13/h5-9,12H,10-11H2,1-4H3,(H,17,19)(H,18,20). The summed E-state index contributed by atoms with van der Waals surface area (Å²) < 4.78 is 5.10. The Bertz CT molecular complexity index is 466. The van der Waals surface area contributed by atoms with Crippen molar-refractivity contribution in [2.45, 2.75) is 45.8 Å². The molecule has 0 fully saturated rings. The largest absolute Gasteiger partial charge is 0.444 e. The number of benzene rings is 1. The lowest BCUT2D eigenvalue weighted by Gasteiger charge is -2.21. The molecule has 0 bridgehead atoms. The Morgan fingerprint density at radius 3 is 2.38 bits per heavy atom. The molecule has 1 atom stereocenters. The van der Waals surface area contributed by atoms with Gasteiger partial charge < -0.3 is 15.4 Å². The quantitative estimate of drug-likeness (QED) is 0.874. The lowest BCUT2D eigenvalue weighted by atomic mass is 10.1. The summed E-state index contributed by atoms with van der Waals surface area (Å²) in [5, 5.41) is 5.30. The van der Waals surface area contributed by atoms with Crippen LogP contribution in [0.15, 0.2) is 30.3 Å². The van der Waals surface area contributed by atoms with Crippen molar-refractivity contribution < 1.29 is 14.3 Å². The molecule has 0 aromatic heterocycles. The average molecular weight is 292 g/mol. The molecular formula is C16H24N2O3. The molecule has 1 aromatic rings. The van der Waals surface area contributed by atoms with Gasteiger partial charge in [-0.15, -0.1) is 0 Å². The molecule has 116 valence electrons. The summed E-state index contributed by atoms with van der Waals surface area (Å²) in [5.41, 5.74) is 0.582. The van der Waals surface area contributed by atoms with Gasteiger partial charge in [-0.2, -0.15) is 0 Å². The molecule has 0 heterocycles. The molecule has 21 heavy (non-hydrogen) atoms. The summed E-state index contributed by atoms with van der Waals surface area (Å²) in [6.45, 7) is 7.48. The van der Waals surface area contributed by atoms with E-state index in [0.29, 0.717) is 6.54 Å². The summed E-state index contributed by atoms with van der Waals surface area (Å²) in [6.07, 6.45) is 0.166. The van der Waals surface area contributed by atoms with Crippen LogP contribution in [0.25, 0.3) is 0 Å². The van der Waals surface area contributed by atoms with Gasteiger partial charge in [0.25, 0.3) is 0 Å². The molecule has 0 spiro atoms. The summed E-state index contributed by atoms with van der Waals surface area (Å²) in [6, 6.07) is 9.27. The van der Waals surface area contributed by atoms with Crippen molar-refractivity contribution in [3.63, 3.8) is 0 Å². The molecule has 0 aliphatic carbocycles. The van der Waals surface area contributed by atoms with Crippen molar-refractivity contribution in [3.8, 4) is 0 Å². The molecule has 0 saturated carbocycles. The van der Waals surface area contributed by atoms with Gasteiger partial charge in [0.15, 0.2) is 0 Å². The maximum atomic E-state index is 11.9. The summed E-state index contributed by atoms with van der Waals surface area (Å²) >= 11 is 0. The van der Waals surface area contributed by atoms with Crippen molar-refractivity contribution in [1.82, 2.24) is 10.6 Å². The second-order valence-corrected chi connectivity index (χ2v) is 5.89. The van der Waals surface area contributed by atoms with Crippen LogP contribution < -0.4 is 10.6 Å². The van der Waals surface area contributed by atoms with E-state index < -0.39 is 17.7 Å². The van der Waals surface area contributed by atoms with Crippen molar-refractivity contribution in [2.24, 2.45) is 0 Å². The molecule has 2 amide bonds. The van der Waals surface area contributed by atoms with Crippen LogP contribution >= 0.6 is 0 Å². The van der Waals surface area contributed by atoms with Crippen LogP contribution in [0.2, 0.25) is 0 Å². The highest BCUT2D eigenvalue weighted by Gasteiger charge is 2.20. The number of amides is 2. The zero-order valence-electron chi connectivity index (χ0n) is 13.1. The Labute approximate surface area is 126 Å². The fraction of sp³-hybridized carbons (Fsp3) is 0.500. The predicted molar refractivity (Wildman–Crippen MR) is 82.0 cm³/mol. The highest BCUT2D eigenvalue weighted by Crippen LogP contribution is 2.06. The van der Waals surface area contributed by atoms with E-state index in [1.165, 1.54) is 0 Å². The third kappa shape index (κ3) is 7.34. The van der Waals surface area contributed by atoms with E-state index in [1.807, 2.05) is 30.3 Å². The van der Waals surface area contributed by atoms with Crippen LogP contribution in [0.4, 0.5) is 4.79 Å². The molecule has 5 heteroatoms. The number of nitrogens with one attached hydrogen (secondary N) is 2. The number of carbonyl (C=O) groups is 2. The minimum atomic E-state index is -0.629. The molecular weight excluding hydrogens is 268 g/mol. The van der Waals surface area contributed by atoms with Gasteiger partial charge in [0, 0.05) is 6.54 Å². The van der Waals surface area contributed by atoms with E-state index in [1.54, 1.807) is 27.7 Å². The molecule has 0 saturated heterocycles. The van der Waals surface area contributed by atoms with Gasteiger partial charge in [0.2, 0.25) is 5.91 Å². The van der Waals surface area contributed by atoms with Gasteiger partial charge in [-0.3, -0.25) is 4.79 Å². The van der Waals surface area contributed by atoms with Crippen LogP contribution in [0.1, 0.15) is 33.3 Å². The van der Waals surface area contributed by atoms with Crippen LogP contribution in [-0.2, 0) is 16.0 Å². The lowest BCUT2D eigenvalue weighted by molar-refractivity contribution is -0.122. The highest BCUT2D eigenvalue weighted by molar-refractivity contribution is 5.85. The maximum Gasteiger partial charge on any atom is 0.408 e. The molecule has 1 unspecified atom stereocenters. The number of hydrogen-bond acceptors (Lipinski definition) is 3. The topological polar surface area (TPSA) is 67.4 Å². The fourth-order valence-corrected chi connectivity index (χ4v) is 1.68. The Balaban J connectivity index is 2.29. The molecule has 5 nitrogen and oxygen atoms in total. The Hall–Kier alpha value is -2.04. The number of rotatable bonds is 5. The van der Waals surface area contributed by atoms with Gasteiger partial charge in [0.1, 0.15) is 11.6 Å². The summed E-state index contributed by atoms with van der Waals surface area (Å²) in [5.74, 6) is -0.225. The third-order valence-corrected chi connectivity index (χ3v) is 2.68. The first-order valence-corrected chi connectivity index (χ1v) is 7.09. The van der Waals surface area contributed by atoms with Crippen LogP contribution in [-0.4, -0.2) is 30.2 Å². The summed E-state index contributed by atoms with van der Waals surface area (Å²) in [7, 11) is 0. The first-order chi connectivity index (χ1) is 9.78.